The lowest BCUT2D eigenvalue weighted by molar-refractivity contribution is -0.129. The number of alkyl carbamates (subject to hydrolysis) is 1. The fourth-order valence-electron chi connectivity index (χ4n) is 4.73. The number of terminal acetylenes is 1. The van der Waals surface area contributed by atoms with Crippen LogP contribution in [0.25, 0.3) is 0 Å². The fraction of sp³-hybridized carbons (Fsp3) is 0.800. The molecule has 0 aromatic rings. The SMILES string of the molecule is C#CCOCCOCCOCCNC(=O)[C@H](CCCCNC(=O)OC(C)(C)C)NC(=O)CCCC[C@@H]1SC[C@@H]2NC(=O)N[C@@H]21. The molecule has 0 spiro atoms. The van der Waals surface area contributed by atoms with Gasteiger partial charge in [-0.25, -0.2) is 9.59 Å². The van der Waals surface area contributed by atoms with Gasteiger partial charge < -0.3 is 45.5 Å². The molecule has 0 unspecified atom stereocenters. The molecule has 5 N–H and O–H groups in total. The van der Waals surface area contributed by atoms with E-state index in [0.717, 1.165) is 18.6 Å². The number of ether oxygens (including phenoxy) is 4. The first kappa shape index (κ1) is 37.5. The van der Waals surface area contributed by atoms with Crippen LogP contribution in [-0.2, 0) is 28.5 Å². The maximum Gasteiger partial charge on any atom is 0.407 e. The van der Waals surface area contributed by atoms with E-state index < -0.39 is 17.7 Å². The lowest BCUT2D eigenvalue weighted by Gasteiger charge is -2.20. The van der Waals surface area contributed by atoms with Crippen LogP contribution in [0.5, 0.6) is 0 Å². The molecule has 2 aliphatic rings. The zero-order valence-electron chi connectivity index (χ0n) is 26.4. The van der Waals surface area contributed by atoms with Crippen molar-refractivity contribution in [2.75, 3.05) is 58.5 Å². The Morgan fingerprint density at radius 2 is 1.70 bits per heavy atom. The van der Waals surface area contributed by atoms with Crippen molar-refractivity contribution in [2.24, 2.45) is 0 Å². The van der Waals surface area contributed by atoms with E-state index in [-0.39, 0.29) is 36.5 Å². The Bertz CT molecular complexity index is 941. The summed E-state index contributed by atoms with van der Waals surface area (Å²) < 4.78 is 21.2. The number of carbonyl (C=O) groups is 4. The number of urea groups is 1. The first-order valence-electron chi connectivity index (χ1n) is 15.5. The van der Waals surface area contributed by atoms with Crippen LogP contribution >= 0.6 is 11.8 Å². The molecule has 2 saturated heterocycles. The van der Waals surface area contributed by atoms with E-state index in [4.69, 9.17) is 25.4 Å². The van der Waals surface area contributed by atoms with Gasteiger partial charge in [0.15, 0.2) is 0 Å². The summed E-state index contributed by atoms with van der Waals surface area (Å²) in [5.41, 5.74) is -0.576. The summed E-state index contributed by atoms with van der Waals surface area (Å²) in [6.07, 6.45) is 9.09. The number of rotatable bonds is 22. The minimum atomic E-state index is -0.693. The van der Waals surface area contributed by atoms with Crippen molar-refractivity contribution in [1.29, 1.82) is 0 Å². The molecule has 250 valence electrons. The average Bonchev–Trinajstić information content (AvgIpc) is 3.51. The van der Waals surface area contributed by atoms with Crippen LogP contribution in [0.2, 0.25) is 0 Å². The monoisotopic (exact) mass is 641 g/mol. The van der Waals surface area contributed by atoms with Gasteiger partial charge in [0.2, 0.25) is 11.8 Å². The smallest absolute Gasteiger partial charge is 0.407 e. The van der Waals surface area contributed by atoms with Crippen LogP contribution in [0, 0.1) is 12.3 Å². The van der Waals surface area contributed by atoms with Gasteiger partial charge in [0.05, 0.1) is 45.1 Å². The maximum atomic E-state index is 12.9. The topological polar surface area (TPSA) is 165 Å². The van der Waals surface area contributed by atoms with E-state index in [2.05, 4.69) is 32.5 Å². The first-order valence-corrected chi connectivity index (χ1v) is 16.5. The molecule has 13 nitrogen and oxygen atoms in total. The Hall–Kier alpha value is -2.73. The number of amides is 5. The highest BCUT2D eigenvalue weighted by Gasteiger charge is 2.42. The molecule has 2 rings (SSSR count). The van der Waals surface area contributed by atoms with Gasteiger partial charge in [-0.2, -0.15) is 11.8 Å². The molecule has 4 atom stereocenters. The first-order chi connectivity index (χ1) is 21.1. The van der Waals surface area contributed by atoms with E-state index >= 15 is 0 Å². The molecule has 44 heavy (non-hydrogen) atoms. The summed E-state index contributed by atoms with van der Waals surface area (Å²) in [5, 5.41) is 14.7. The van der Waals surface area contributed by atoms with Crippen molar-refractivity contribution < 1.29 is 38.1 Å². The molecule has 0 aliphatic carbocycles. The highest BCUT2D eigenvalue weighted by Crippen LogP contribution is 2.33. The minimum Gasteiger partial charge on any atom is -0.444 e. The van der Waals surface area contributed by atoms with Gasteiger partial charge in [-0.15, -0.1) is 6.42 Å². The summed E-state index contributed by atoms with van der Waals surface area (Å²) in [5.74, 6) is 2.83. The number of unbranched alkanes of at least 4 members (excludes halogenated alkanes) is 2. The van der Waals surface area contributed by atoms with Gasteiger partial charge in [-0.1, -0.05) is 12.3 Å². The second-order valence-electron chi connectivity index (χ2n) is 11.7. The Morgan fingerprint density at radius 3 is 2.43 bits per heavy atom. The van der Waals surface area contributed by atoms with Gasteiger partial charge in [0.1, 0.15) is 18.2 Å². The largest absolute Gasteiger partial charge is 0.444 e. The lowest BCUT2D eigenvalue weighted by Crippen LogP contribution is -2.47. The molecule has 14 heteroatoms. The number of hydrogen-bond acceptors (Lipinski definition) is 9. The van der Waals surface area contributed by atoms with E-state index in [0.29, 0.717) is 83.5 Å². The normalized spacial score (nSPS) is 19.7. The molecule has 0 aromatic carbocycles. The lowest BCUT2D eigenvalue weighted by atomic mass is 10.0. The molecule has 0 aromatic heterocycles. The number of carbonyl (C=O) groups excluding carboxylic acids is 4. The van der Waals surface area contributed by atoms with Crippen LogP contribution < -0.4 is 26.6 Å². The average molecular weight is 642 g/mol. The van der Waals surface area contributed by atoms with Crippen LogP contribution in [0.1, 0.15) is 65.7 Å². The van der Waals surface area contributed by atoms with Crippen molar-refractivity contribution >= 4 is 35.7 Å². The van der Waals surface area contributed by atoms with Crippen molar-refractivity contribution in [3.05, 3.63) is 0 Å². The molecule has 2 fully saturated rings. The Kier molecular flexibility index (Phi) is 17.9. The third-order valence-electron chi connectivity index (χ3n) is 6.80. The van der Waals surface area contributed by atoms with Crippen LogP contribution in [0.3, 0.4) is 0 Å². The minimum absolute atomic E-state index is 0.103. The number of thioether (sulfide) groups is 1. The number of fused-ring (bicyclic) bond motifs is 1. The zero-order valence-corrected chi connectivity index (χ0v) is 27.2. The van der Waals surface area contributed by atoms with Gasteiger partial charge in [-0.3, -0.25) is 9.59 Å². The van der Waals surface area contributed by atoms with Gasteiger partial charge >= 0.3 is 12.1 Å². The Balaban J connectivity index is 1.68. The second kappa shape index (κ2) is 21.1. The molecule has 2 heterocycles. The van der Waals surface area contributed by atoms with E-state index in [1.54, 1.807) is 20.8 Å². The third kappa shape index (κ3) is 16.4. The predicted molar refractivity (Wildman–Crippen MR) is 168 cm³/mol. The fourth-order valence-corrected chi connectivity index (χ4v) is 6.27. The summed E-state index contributed by atoms with van der Waals surface area (Å²) in [4.78, 5) is 49.1. The number of nitrogens with one attached hydrogen (secondary N) is 5. The molecule has 2 aliphatic heterocycles. The van der Waals surface area contributed by atoms with Crippen LogP contribution in [-0.4, -0.2) is 111 Å². The second-order valence-corrected chi connectivity index (χ2v) is 13.0. The highest BCUT2D eigenvalue weighted by atomic mass is 32.2. The highest BCUT2D eigenvalue weighted by molar-refractivity contribution is 8.00. The summed E-state index contributed by atoms with van der Waals surface area (Å²) >= 11 is 1.85. The Labute approximate surface area is 265 Å². The van der Waals surface area contributed by atoms with Crippen molar-refractivity contribution in [3.63, 3.8) is 0 Å². The summed E-state index contributed by atoms with van der Waals surface area (Å²) in [6.45, 7) is 8.27. The molecular formula is C30H51N5O8S. The molecule has 0 bridgehead atoms. The van der Waals surface area contributed by atoms with Crippen LogP contribution in [0.4, 0.5) is 9.59 Å². The molecule has 0 saturated carbocycles. The van der Waals surface area contributed by atoms with Gasteiger partial charge in [0.25, 0.3) is 0 Å². The molecule has 0 radical (unpaired) electrons. The van der Waals surface area contributed by atoms with Gasteiger partial charge in [0, 0.05) is 30.5 Å². The van der Waals surface area contributed by atoms with E-state index in [1.807, 2.05) is 11.8 Å². The summed E-state index contributed by atoms with van der Waals surface area (Å²) in [6, 6.07) is -0.466. The standard InChI is InChI=1S/C30H51N5O8S/c1-5-15-40-17-19-42-20-18-41-16-14-31-27(37)22(10-8-9-13-32-29(39)43-30(2,3)4)33-25(36)12-7-6-11-24-26-23(21-44-24)34-28(38)35-26/h1,22-24,26H,6-21H2,2-4H3,(H,31,37)(H,32,39)(H,33,36)(H2,34,35,38)/t22-,23-,24-,26-/m0/s1. The number of hydrogen-bond donors (Lipinski definition) is 5. The molecule has 5 amide bonds. The van der Waals surface area contributed by atoms with Crippen molar-refractivity contribution in [1.82, 2.24) is 26.6 Å². The van der Waals surface area contributed by atoms with E-state index in [9.17, 15) is 19.2 Å². The maximum absolute atomic E-state index is 12.9. The third-order valence-corrected chi connectivity index (χ3v) is 8.30. The van der Waals surface area contributed by atoms with Gasteiger partial charge in [-0.05, 0) is 52.9 Å². The Morgan fingerprint density at radius 1 is 0.977 bits per heavy atom. The molecular weight excluding hydrogens is 590 g/mol. The predicted octanol–water partition coefficient (Wildman–Crippen LogP) is 1.69. The van der Waals surface area contributed by atoms with E-state index in [1.165, 1.54) is 0 Å². The van der Waals surface area contributed by atoms with Crippen LogP contribution in [0.15, 0.2) is 0 Å². The van der Waals surface area contributed by atoms with Crippen molar-refractivity contribution in [3.8, 4) is 12.3 Å². The van der Waals surface area contributed by atoms with Crippen molar-refractivity contribution in [2.45, 2.75) is 94.7 Å². The zero-order chi connectivity index (χ0) is 32.2. The summed E-state index contributed by atoms with van der Waals surface area (Å²) in [7, 11) is 0. The quantitative estimate of drug-likeness (QED) is 0.0672.